The van der Waals surface area contributed by atoms with E-state index in [4.69, 9.17) is 9.05 Å². The molecular weight excluding hydrogens is 828 g/mol. The van der Waals surface area contributed by atoms with E-state index in [1.165, 1.54) is 122 Å². The summed E-state index contributed by atoms with van der Waals surface area (Å²) in [6.07, 6.45) is 63.5. The second-order valence-electron chi connectivity index (χ2n) is 19.2. The molecule has 65 heavy (non-hydrogen) atoms. The van der Waals surface area contributed by atoms with Crippen molar-refractivity contribution >= 4 is 13.7 Å². The standard InChI is InChI=1S/C56H103N2O6P/c1-6-8-10-12-14-16-18-20-21-22-23-24-25-26-27-28-29-30-31-32-33-34-35-36-37-38-40-42-44-46-48-50-56(60)57-54(53-64-65(61,62)63-52-51-58(3,4)5)55(59)49-47-45-43-41-39-19-17-15-13-11-9-7-2/h8,10,14,16,20-21,23-24,26-27,29-30,54-55,59H,6-7,9,11-13,15,17-19,22,25,28,31-53H2,1-5H3,(H-,57,60,61,62)/b10-8-,16-14-,21-20-,24-23-,27-26-,30-29-. The monoisotopic (exact) mass is 931 g/mol. The van der Waals surface area contributed by atoms with Crippen LogP contribution in [0.2, 0.25) is 0 Å². The number of quaternary nitrogens is 1. The molecule has 378 valence electrons. The van der Waals surface area contributed by atoms with E-state index in [-0.39, 0.29) is 19.1 Å². The Hall–Kier alpha value is -2.06. The summed E-state index contributed by atoms with van der Waals surface area (Å²) in [7, 11) is 1.30. The number of aliphatic hydroxyl groups is 1. The molecule has 8 nitrogen and oxygen atoms in total. The molecule has 0 saturated carbocycles. The second kappa shape index (κ2) is 47.0. The Kier molecular flexibility index (Phi) is 45.5. The van der Waals surface area contributed by atoms with Crippen molar-refractivity contribution in [3.8, 4) is 0 Å². The molecule has 9 heteroatoms. The number of phosphoric acid groups is 1. The first-order valence-corrected chi connectivity index (χ1v) is 28.2. The Labute approximate surface area is 402 Å². The Balaban J connectivity index is 4.10. The van der Waals surface area contributed by atoms with Gasteiger partial charge in [0.1, 0.15) is 13.2 Å². The van der Waals surface area contributed by atoms with Crippen LogP contribution in [0, 0.1) is 0 Å². The summed E-state index contributed by atoms with van der Waals surface area (Å²) >= 11 is 0. The summed E-state index contributed by atoms with van der Waals surface area (Å²) in [5.41, 5.74) is 0. The topological polar surface area (TPSA) is 108 Å². The molecule has 0 aliphatic heterocycles. The molecule has 0 aromatic heterocycles. The van der Waals surface area contributed by atoms with Crippen molar-refractivity contribution in [1.82, 2.24) is 5.32 Å². The van der Waals surface area contributed by atoms with Crippen molar-refractivity contribution in [2.75, 3.05) is 40.9 Å². The first-order chi connectivity index (χ1) is 31.5. The van der Waals surface area contributed by atoms with E-state index in [0.717, 1.165) is 77.0 Å². The van der Waals surface area contributed by atoms with Crippen molar-refractivity contribution in [2.45, 2.75) is 238 Å². The molecule has 0 heterocycles. The van der Waals surface area contributed by atoms with Crippen LogP contribution in [0.4, 0.5) is 0 Å². The fraction of sp³-hybridized carbons (Fsp3) is 0.768. The zero-order valence-corrected chi connectivity index (χ0v) is 43.8. The molecule has 0 aromatic carbocycles. The van der Waals surface area contributed by atoms with Gasteiger partial charge in [0.2, 0.25) is 5.91 Å². The molecule has 3 atom stereocenters. The second-order valence-corrected chi connectivity index (χ2v) is 20.6. The maximum Gasteiger partial charge on any atom is 0.268 e. The van der Waals surface area contributed by atoms with Crippen LogP contribution in [-0.2, 0) is 18.4 Å². The molecule has 0 saturated heterocycles. The van der Waals surface area contributed by atoms with Crippen LogP contribution >= 0.6 is 7.82 Å². The van der Waals surface area contributed by atoms with Gasteiger partial charge >= 0.3 is 0 Å². The summed E-state index contributed by atoms with van der Waals surface area (Å²) in [6.45, 7) is 4.60. The minimum absolute atomic E-state index is 0.00948. The predicted molar refractivity (Wildman–Crippen MR) is 279 cm³/mol. The molecule has 0 radical (unpaired) electrons. The number of unbranched alkanes of at least 4 members (excludes halogenated alkanes) is 23. The maximum atomic E-state index is 12.9. The molecular formula is C56H103N2O6P. The lowest BCUT2D eigenvalue weighted by Gasteiger charge is -2.30. The van der Waals surface area contributed by atoms with Crippen LogP contribution in [0.1, 0.15) is 226 Å². The van der Waals surface area contributed by atoms with E-state index in [9.17, 15) is 19.4 Å². The molecule has 1 amide bonds. The third-order valence-corrected chi connectivity index (χ3v) is 12.7. The number of nitrogens with zero attached hydrogens (tertiary/aromatic N) is 1. The van der Waals surface area contributed by atoms with Gasteiger partial charge in [0.15, 0.2) is 0 Å². The van der Waals surface area contributed by atoms with E-state index in [1.807, 2.05) is 21.1 Å². The zero-order valence-electron chi connectivity index (χ0n) is 42.9. The van der Waals surface area contributed by atoms with E-state index < -0.39 is 20.0 Å². The molecule has 0 fully saturated rings. The Morgan fingerprint density at radius 1 is 0.554 bits per heavy atom. The molecule has 0 bridgehead atoms. The number of likely N-dealkylation sites (N-methyl/N-ethyl adjacent to an activating group) is 1. The third-order valence-electron chi connectivity index (χ3n) is 11.7. The lowest BCUT2D eigenvalue weighted by molar-refractivity contribution is -0.870. The van der Waals surface area contributed by atoms with E-state index >= 15 is 0 Å². The molecule has 0 aromatic rings. The number of carbonyl (C=O) groups excluding carboxylic acids is 1. The number of phosphoric ester groups is 1. The fourth-order valence-electron chi connectivity index (χ4n) is 7.51. The van der Waals surface area contributed by atoms with Crippen molar-refractivity contribution in [1.29, 1.82) is 0 Å². The molecule has 0 rings (SSSR count). The van der Waals surface area contributed by atoms with E-state index in [0.29, 0.717) is 23.9 Å². The van der Waals surface area contributed by atoms with Crippen LogP contribution in [0.3, 0.4) is 0 Å². The minimum Gasteiger partial charge on any atom is -0.756 e. The van der Waals surface area contributed by atoms with Crippen LogP contribution in [0.25, 0.3) is 0 Å². The summed E-state index contributed by atoms with van der Waals surface area (Å²) in [5, 5.41) is 13.9. The highest BCUT2D eigenvalue weighted by atomic mass is 31.2. The Morgan fingerprint density at radius 2 is 0.938 bits per heavy atom. The first-order valence-electron chi connectivity index (χ1n) is 26.8. The summed E-state index contributed by atoms with van der Waals surface area (Å²) < 4.78 is 23.3. The van der Waals surface area contributed by atoms with Crippen LogP contribution < -0.4 is 10.2 Å². The molecule has 2 N–H and O–H groups in total. The number of carbonyl (C=O) groups is 1. The van der Waals surface area contributed by atoms with Crippen molar-refractivity contribution in [2.24, 2.45) is 0 Å². The number of allylic oxidation sites excluding steroid dienone is 12. The highest BCUT2D eigenvalue weighted by Gasteiger charge is 2.24. The van der Waals surface area contributed by atoms with Crippen molar-refractivity contribution < 1.29 is 32.9 Å². The van der Waals surface area contributed by atoms with Gasteiger partial charge in [-0.2, -0.15) is 0 Å². The number of nitrogens with one attached hydrogen (secondary N) is 1. The molecule has 0 spiro atoms. The number of rotatable bonds is 48. The highest BCUT2D eigenvalue weighted by molar-refractivity contribution is 7.45. The molecule has 0 aliphatic carbocycles. The van der Waals surface area contributed by atoms with Gasteiger partial charge < -0.3 is 28.8 Å². The van der Waals surface area contributed by atoms with Crippen LogP contribution in [0.15, 0.2) is 72.9 Å². The average Bonchev–Trinajstić information content (AvgIpc) is 3.26. The first kappa shape index (κ1) is 62.9. The van der Waals surface area contributed by atoms with Gasteiger partial charge in [-0.15, -0.1) is 0 Å². The zero-order chi connectivity index (χ0) is 47.8. The van der Waals surface area contributed by atoms with Crippen molar-refractivity contribution in [3.05, 3.63) is 72.9 Å². The minimum atomic E-state index is -4.57. The van der Waals surface area contributed by atoms with E-state index in [2.05, 4.69) is 92.1 Å². The maximum absolute atomic E-state index is 12.9. The third kappa shape index (κ3) is 49.7. The fourth-order valence-corrected chi connectivity index (χ4v) is 8.24. The Bertz CT molecular complexity index is 1290. The Morgan fingerprint density at radius 3 is 1.37 bits per heavy atom. The quantitative estimate of drug-likeness (QED) is 0.0272. The molecule has 0 aliphatic rings. The largest absolute Gasteiger partial charge is 0.756 e. The predicted octanol–water partition coefficient (Wildman–Crippen LogP) is 15.3. The number of hydrogen-bond acceptors (Lipinski definition) is 6. The average molecular weight is 931 g/mol. The van der Waals surface area contributed by atoms with Gasteiger partial charge in [0.05, 0.1) is 39.9 Å². The SMILES string of the molecule is CC/C=C\C/C=C\C/C=C\C/C=C\C/C=C\C/C=C\CCCCCCCCCCCCCCC(=O)NC(COP(=O)([O-])OCC[N+](C)(C)C)C(O)CCCCCCCCCCCCCC. The summed E-state index contributed by atoms with van der Waals surface area (Å²) in [4.78, 5) is 25.4. The lowest BCUT2D eigenvalue weighted by atomic mass is 10.0. The highest BCUT2D eigenvalue weighted by Crippen LogP contribution is 2.38. The van der Waals surface area contributed by atoms with Crippen molar-refractivity contribution in [3.63, 3.8) is 0 Å². The normalized spacial score (nSPS) is 14.6. The van der Waals surface area contributed by atoms with Gasteiger partial charge in [0.25, 0.3) is 7.82 Å². The van der Waals surface area contributed by atoms with Gasteiger partial charge in [-0.25, -0.2) is 0 Å². The van der Waals surface area contributed by atoms with Gasteiger partial charge in [0, 0.05) is 6.42 Å². The van der Waals surface area contributed by atoms with Gasteiger partial charge in [-0.3, -0.25) is 9.36 Å². The number of hydrogen-bond donors (Lipinski definition) is 2. The van der Waals surface area contributed by atoms with Crippen LogP contribution in [-0.4, -0.2) is 68.5 Å². The smallest absolute Gasteiger partial charge is 0.268 e. The summed E-state index contributed by atoms with van der Waals surface area (Å²) in [5.74, 6) is -0.170. The molecule has 3 unspecified atom stereocenters. The number of aliphatic hydroxyl groups excluding tert-OH is 1. The lowest BCUT2D eigenvalue weighted by Crippen LogP contribution is -2.46. The van der Waals surface area contributed by atoms with Gasteiger partial charge in [-0.1, -0.05) is 228 Å². The van der Waals surface area contributed by atoms with E-state index in [1.54, 1.807) is 0 Å². The van der Waals surface area contributed by atoms with Crippen LogP contribution in [0.5, 0.6) is 0 Å². The van der Waals surface area contributed by atoms with Gasteiger partial charge in [-0.05, 0) is 64.2 Å². The summed E-state index contributed by atoms with van der Waals surface area (Å²) in [6, 6.07) is -0.804. The number of amides is 1.